The molecule has 0 N–H and O–H groups in total. The van der Waals surface area contributed by atoms with E-state index >= 15 is 0 Å². The zero-order chi connectivity index (χ0) is 15.4. The molecule has 0 fully saturated rings. The van der Waals surface area contributed by atoms with E-state index in [1.165, 1.54) is 9.36 Å². The van der Waals surface area contributed by atoms with Gasteiger partial charge in [0.25, 0.3) is 0 Å². The van der Waals surface area contributed by atoms with Gasteiger partial charge in [-0.2, -0.15) is 10.2 Å². The first-order chi connectivity index (χ1) is 9.22. The molecule has 0 saturated carbocycles. The van der Waals surface area contributed by atoms with E-state index in [4.69, 9.17) is 72.9 Å². The molecule has 0 amide bonds. The standard InChI is InChI=1S/2C5H5ClN2S2.Zn/c2*1-3-4(6)2-8(7-3)5(9)10;/h2*2H,1H3,(H,9,10);/q;;+2/p-2. The fourth-order valence-corrected chi connectivity index (χ4v) is 1.70. The molecule has 0 bridgehead atoms. The van der Waals surface area contributed by atoms with Crippen molar-refractivity contribution in [3.05, 3.63) is 33.8 Å². The summed E-state index contributed by atoms with van der Waals surface area (Å²) in [5.41, 5.74) is 1.49. The molecule has 0 aliphatic heterocycles. The van der Waals surface area contributed by atoms with E-state index in [0.717, 1.165) is 11.4 Å². The SMILES string of the molecule is Cc1nn(C(=S)[S-])cc1Cl.Cc1nn(C(=S)[S-])cc1Cl.[Zn+2]. The second-order valence-corrected chi connectivity index (χ2v) is 6.42. The maximum Gasteiger partial charge on any atom is 2.00 e. The van der Waals surface area contributed by atoms with Crippen LogP contribution < -0.4 is 0 Å². The van der Waals surface area contributed by atoms with Gasteiger partial charge in [0.05, 0.1) is 21.4 Å². The van der Waals surface area contributed by atoms with Crippen LogP contribution in [0.25, 0.3) is 0 Å². The number of rotatable bonds is 0. The van der Waals surface area contributed by atoms with Crippen LogP contribution >= 0.6 is 47.6 Å². The maximum absolute atomic E-state index is 5.68. The van der Waals surface area contributed by atoms with Crippen molar-refractivity contribution in [3.63, 3.8) is 0 Å². The quantitative estimate of drug-likeness (QED) is 0.350. The molecule has 2 aromatic rings. The number of aromatic nitrogens is 4. The first kappa shape index (κ1) is 21.2. The third kappa shape index (κ3) is 6.48. The van der Waals surface area contributed by atoms with E-state index in [9.17, 15) is 0 Å². The average Bonchev–Trinajstić information content (AvgIpc) is 2.85. The van der Waals surface area contributed by atoms with E-state index < -0.39 is 0 Å². The number of aryl methyl sites for hydroxylation is 2. The van der Waals surface area contributed by atoms with Gasteiger partial charge >= 0.3 is 19.5 Å². The van der Waals surface area contributed by atoms with Crippen molar-refractivity contribution < 1.29 is 19.5 Å². The van der Waals surface area contributed by atoms with Crippen molar-refractivity contribution in [2.75, 3.05) is 0 Å². The topological polar surface area (TPSA) is 35.6 Å². The summed E-state index contributed by atoms with van der Waals surface area (Å²) in [4.78, 5) is 0. The zero-order valence-electron chi connectivity index (χ0n) is 11.0. The summed E-state index contributed by atoms with van der Waals surface area (Å²) in [6.07, 6.45) is 3.21. The van der Waals surface area contributed by atoms with Gasteiger partial charge in [0, 0.05) is 12.4 Å². The van der Waals surface area contributed by atoms with E-state index in [0.29, 0.717) is 10.0 Å². The van der Waals surface area contributed by atoms with Crippen molar-refractivity contribution in [1.29, 1.82) is 0 Å². The Morgan fingerprint density at radius 1 is 0.952 bits per heavy atom. The summed E-state index contributed by atoms with van der Waals surface area (Å²) in [6, 6.07) is 0. The monoisotopic (exact) mass is 446 g/mol. The zero-order valence-corrected chi connectivity index (χ0v) is 18.8. The third-order valence-corrected chi connectivity index (χ3v) is 3.54. The Labute approximate surface area is 167 Å². The van der Waals surface area contributed by atoms with E-state index in [-0.39, 0.29) is 28.1 Å². The maximum atomic E-state index is 5.68. The smallest absolute Gasteiger partial charge is 0.409 e. The number of thiocarbonyl (C=S) groups is 2. The summed E-state index contributed by atoms with van der Waals surface area (Å²) in [5.74, 6) is 0. The molecule has 0 atom stereocenters. The predicted molar refractivity (Wildman–Crippen MR) is 94.7 cm³/mol. The van der Waals surface area contributed by atoms with Crippen LogP contribution in [0.15, 0.2) is 12.4 Å². The first-order valence-electron chi connectivity index (χ1n) is 5.08. The molecule has 21 heavy (non-hydrogen) atoms. The van der Waals surface area contributed by atoms with Gasteiger partial charge in [-0.05, 0) is 22.5 Å². The van der Waals surface area contributed by atoms with Crippen LogP contribution in [0.2, 0.25) is 10.0 Å². The normalized spacial score (nSPS) is 9.33. The van der Waals surface area contributed by atoms with Crippen molar-refractivity contribution >= 4 is 81.5 Å². The van der Waals surface area contributed by atoms with Crippen molar-refractivity contribution in [1.82, 2.24) is 19.6 Å². The molecule has 0 aliphatic carbocycles. The summed E-state index contributed by atoms with van der Waals surface area (Å²) in [7, 11) is 0. The van der Waals surface area contributed by atoms with Crippen LogP contribution in [0.1, 0.15) is 11.4 Å². The Morgan fingerprint density at radius 3 is 1.33 bits per heavy atom. The minimum atomic E-state index is 0. The van der Waals surface area contributed by atoms with Gasteiger partial charge in [-0.3, -0.25) is 9.36 Å². The molecule has 108 valence electrons. The van der Waals surface area contributed by atoms with Crippen LogP contribution in [0.4, 0.5) is 0 Å². The molecule has 2 rings (SSSR count). The predicted octanol–water partition coefficient (Wildman–Crippen LogP) is 3.05. The van der Waals surface area contributed by atoms with Crippen LogP contribution in [0, 0.1) is 13.8 Å². The molecule has 0 spiro atoms. The summed E-state index contributed by atoms with van der Waals surface area (Å²) in [5, 5.41) is 9.08. The molecule has 2 heterocycles. The summed E-state index contributed by atoms with van der Waals surface area (Å²) >= 11 is 30.1. The van der Waals surface area contributed by atoms with Crippen LogP contribution in [0.5, 0.6) is 0 Å². The Hall–Kier alpha value is 0.243. The van der Waals surface area contributed by atoms with Gasteiger partial charge in [-0.25, -0.2) is 0 Å². The molecule has 0 saturated heterocycles. The number of hydrogen-bond donors (Lipinski definition) is 0. The molecule has 0 aliphatic rings. The molecule has 2 aromatic heterocycles. The van der Waals surface area contributed by atoms with E-state index in [1.807, 2.05) is 0 Å². The van der Waals surface area contributed by atoms with Gasteiger partial charge in [0.2, 0.25) is 0 Å². The van der Waals surface area contributed by atoms with Crippen LogP contribution in [-0.2, 0) is 44.7 Å². The third-order valence-electron chi connectivity index (χ3n) is 2.05. The minimum absolute atomic E-state index is 0. The second-order valence-electron chi connectivity index (χ2n) is 3.55. The molecule has 0 aromatic carbocycles. The van der Waals surface area contributed by atoms with Crippen molar-refractivity contribution in [2.24, 2.45) is 0 Å². The van der Waals surface area contributed by atoms with Gasteiger partial charge < -0.3 is 49.7 Å². The Bertz CT molecular complexity index is 560. The largest absolute Gasteiger partial charge is 2.00 e. The van der Waals surface area contributed by atoms with Crippen molar-refractivity contribution in [2.45, 2.75) is 13.8 Å². The van der Waals surface area contributed by atoms with Crippen LogP contribution in [0.3, 0.4) is 0 Å². The summed E-state index contributed by atoms with van der Waals surface area (Å²) < 4.78 is 3.38. The van der Waals surface area contributed by atoms with Crippen molar-refractivity contribution in [3.8, 4) is 0 Å². The minimum Gasteiger partial charge on any atom is -0.409 e. The molecular formula is C10H8Cl2N4S4Zn. The Morgan fingerprint density at radius 2 is 1.24 bits per heavy atom. The molecule has 11 heteroatoms. The average molecular weight is 449 g/mol. The molecule has 0 radical (unpaired) electrons. The number of nitrogens with zero attached hydrogens (tertiary/aromatic N) is 4. The van der Waals surface area contributed by atoms with E-state index in [2.05, 4.69) is 10.2 Å². The molecule has 4 nitrogen and oxygen atoms in total. The number of halogens is 2. The van der Waals surface area contributed by atoms with E-state index in [1.54, 1.807) is 26.2 Å². The van der Waals surface area contributed by atoms with Crippen LogP contribution in [-0.4, -0.2) is 28.2 Å². The summed E-state index contributed by atoms with van der Waals surface area (Å²) in [6.45, 7) is 3.60. The van der Waals surface area contributed by atoms with Gasteiger partial charge in [-0.15, -0.1) is 0 Å². The first-order valence-corrected chi connectivity index (χ1v) is 7.47. The fourth-order valence-electron chi connectivity index (χ4n) is 1.07. The van der Waals surface area contributed by atoms with Gasteiger partial charge in [0.15, 0.2) is 0 Å². The van der Waals surface area contributed by atoms with Gasteiger partial charge in [0.1, 0.15) is 0 Å². The number of hydrogen-bond acceptors (Lipinski definition) is 6. The fraction of sp³-hybridized carbons (Fsp3) is 0.200. The Kier molecular flexibility index (Phi) is 9.51. The second kappa shape index (κ2) is 9.40. The molecule has 0 unspecified atom stereocenters. The Balaban J connectivity index is 0.000000364. The molecular weight excluding hydrogens is 441 g/mol. The van der Waals surface area contributed by atoms with Gasteiger partial charge in [-0.1, -0.05) is 23.2 Å².